The average molecular weight is 441 g/mol. The molecule has 144 valence electrons. The lowest BCUT2D eigenvalue weighted by molar-refractivity contribution is 0.0344. The molecular weight excluding hydrogens is 420 g/mol. The molecule has 4 rings (SSSR count). The minimum Gasteiger partial charge on any atom is -0.381 e. The van der Waals surface area contributed by atoms with E-state index in [4.69, 9.17) is 4.74 Å². The molecule has 28 heavy (non-hydrogen) atoms. The minimum atomic E-state index is -0.470. The Bertz CT molecular complexity index is 952. The van der Waals surface area contributed by atoms with Crippen molar-refractivity contribution in [3.05, 3.63) is 82.1 Å². The van der Waals surface area contributed by atoms with Crippen LogP contribution in [-0.2, 0) is 16.8 Å². The predicted octanol–water partition coefficient (Wildman–Crippen LogP) is 3.52. The Morgan fingerprint density at radius 2 is 1.93 bits per heavy atom. The number of amides is 1. The number of nitrogens with zero attached hydrogens (tertiary/aromatic N) is 3. The summed E-state index contributed by atoms with van der Waals surface area (Å²) in [5.41, 5.74) is 2.02. The second kappa shape index (κ2) is 8.24. The fourth-order valence-electron chi connectivity index (χ4n) is 3.52. The highest BCUT2D eigenvalue weighted by Gasteiger charge is 2.36. The van der Waals surface area contributed by atoms with Gasteiger partial charge < -0.3 is 10.1 Å². The molecule has 2 heterocycles. The second-order valence-electron chi connectivity index (χ2n) is 6.95. The van der Waals surface area contributed by atoms with E-state index in [0.29, 0.717) is 38.3 Å². The summed E-state index contributed by atoms with van der Waals surface area (Å²) in [6.07, 6.45) is 3.12. The minimum absolute atomic E-state index is 0.221. The lowest BCUT2D eigenvalue weighted by atomic mass is 9.82. The van der Waals surface area contributed by atoms with Gasteiger partial charge in [-0.1, -0.05) is 63.6 Å². The molecular formula is C21H21BrN4O2. The fraction of sp³-hybridized carbons (Fsp3) is 0.286. The van der Waals surface area contributed by atoms with Crippen molar-refractivity contribution in [3.8, 4) is 0 Å². The van der Waals surface area contributed by atoms with E-state index in [1.54, 1.807) is 10.9 Å². The van der Waals surface area contributed by atoms with E-state index in [0.717, 1.165) is 15.6 Å². The van der Waals surface area contributed by atoms with Crippen LogP contribution in [0.25, 0.3) is 0 Å². The molecule has 1 N–H and O–H groups in total. The van der Waals surface area contributed by atoms with E-state index < -0.39 is 5.54 Å². The van der Waals surface area contributed by atoms with Gasteiger partial charge in [0.2, 0.25) is 0 Å². The van der Waals surface area contributed by atoms with Crippen LogP contribution in [0.1, 0.15) is 34.5 Å². The van der Waals surface area contributed by atoms with Crippen LogP contribution >= 0.6 is 15.9 Å². The maximum Gasteiger partial charge on any atom is 0.274 e. The fourth-order valence-corrected chi connectivity index (χ4v) is 3.92. The Hall–Kier alpha value is -2.51. The Morgan fingerprint density at radius 3 is 2.68 bits per heavy atom. The van der Waals surface area contributed by atoms with Crippen molar-refractivity contribution in [2.24, 2.45) is 0 Å². The van der Waals surface area contributed by atoms with E-state index in [1.807, 2.05) is 48.5 Å². The van der Waals surface area contributed by atoms with Crippen LogP contribution in [0, 0.1) is 0 Å². The maximum atomic E-state index is 13.0. The molecule has 0 aliphatic carbocycles. The topological polar surface area (TPSA) is 69.0 Å². The Morgan fingerprint density at radius 1 is 1.14 bits per heavy atom. The first-order valence-electron chi connectivity index (χ1n) is 9.25. The third-order valence-corrected chi connectivity index (χ3v) is 5.53. The van der Waals surface area contributed by atoms with E-state index in [1.165, 1.54) is 0 Å². The lowest BCUT2D eigenvalue weighted by Crippen LogP contribution is -2.49. The number of ether oxygens (including phenoxy) is 1. The second-order valence-corrected chi connectivity index (χ2v) is 7.86. The molecule has 6 nitrogen and oxygen atoms in total. The molecule has 0 bridgehead atoms. The molecule has 7 heteroatoms. The largest absolute Gasteiger partial charge is 0.381 e. The van der Waals surface area contributed by atoms with Crippen LogP contribution in [0.5, 0.6) is 0 Å². The number of carbonyl (C=O) groups excluding carboxylic acids is 1. The Balaban J connectivity index is 1.54. The van der Waals surface area contributed by atoms with Crippen molar-refractivity contribution in [2.45, 2.75) is 24.9 Å². The SMILES string of the molecule is O=C(NC1(c2cccc(Br)c2)CCOCC1)c1cn(Cc2ccccc2)nn1. The number of nitrogens with one attached hydrogen (secondary N) is 1. The number of aromatic nitrogens is 3. The Labute approximate surface area is 172 Å². The van der Waals surface area contributed by atoms with Gasteiger partial charge in [0.1, 0.15) is 0 Å². The normalized spacial score (nSPS) is 15.9. The van der Waals surface area contributed by atoms with Crippen LogP contribution in [0.4, 0.5) is 0 Å². The smallest absolute Gasteiger partial charge is 0.274 e. The van der Waals surface area contributed by atoms with Gasteiger partial charge in [0.15, 0.2) is 5.69 Å². The number of hydrogen-bond donors (Lipinski definition) is 1. The summed E-state index contributed by atoms with van der Waals surface area (Å²) in [5.74, 6) is -0.221. The lowest BCUT2D eigenvalue weighted by Gasteiger charge is -2.38. The van der Waals surface area contributed by atoms with Crippen molar-refractivity contribution < 1.29 is 9.53 Å². The van der Waals surface area contributed by atoms with Crippen molar-refractivity contribution in [3.63, 3.8) is 0 Å². The summed E-state index contributed by atoms with van der Waals surface area (Å²) >= 11 is 3.53. The summed E-state index contributed by atoms with van der Waals surface area (Å²) in [6, 6.07) is 18.0. The molecule has 1 aromatic heterocycles. The third-order valence-electron chi connectivity index (χ3n) is 5.04. The van der Waals surface area contributed by atoms with Gasteiger partial charge in [0.25, 0.3) is 5.91 Å². The van der Waals surface area contributed by atoms with Crippen LogP contribution in [0.3, 0.4) is 0 Å². The zero-order chi connectivity index (χ0) is 19.4. The zero-order valence-corrected chi connectivity index (χ0v) is 16.9. The van der Waals surface area contributed by atoms with E-state index in [2.05, 4.69) is 37.6 Å². The van der Waals surface area contributed by atoms with Gasteiger partial charge in [-0.25, -0.2) is 4.68 Å². The monoisotopic (exact) mass is 440 g/mol. The average Bonchev–Trinajstić information content (AvgIpc) is 3.18. The first-order chi connectivity index (χ1) is 13.6. The van der Waals surface area contributed by atoms with Crippen LogP contribution in [-0.4, -0.2) is 34.1 Å². The van der Waals surface area contributed by atoms with Crippen LogP contribution < -0.4 is 5.32 Å². The van der Waals surface area contributed by atoms with Crippen molar-refractivity contribution in [2.75, 3.05) is 13.2 Å². The standard InChI is InChI=1S/C21H21BrN4O2/c22-18-8-4-7-17(13-18)21(9-11-28-12-10-21)23-20(27)19-15-26(25-24-19)14-16-5-2-1-3-6-16/h1-8,13,15H,9-12,14H2,(H,23,27). The van der Waals surface area contributed by atoms with Gasteiger partial charge in [0, 0.05) is 17.7 Å². The number of hydrogen-bond acceptors (Lipinski definition) is 4. The molecule has 3 aromatic rings. The molecule has 0 atom stereocenters. The van der Waals surface area contributed by atoms with Crippen LogP contribution in [0.15, 0.2) is 65.3 Å². The molecule has 1 aliphatic rings. The number of carbonyl (C=O) groups is 1. The third kappa shape index (κ3) is 4.15. The molecule has 1 amide bonds. The van der Waals surface area contributed by atoms with Gasteiger partial charge in [-0.3, -0.25) is 4.79 Å². The first-order valence-corrected chi connectivity index (χ1v) is 10.0. The summed E-state index contributed by atoms with van der Waals surface area (Å²) in [7, 11) is 0. The van der Waals surface area contributed by atoms with Crippen molar-refractivity contribution in [1.82, 2.24) is 20.3 Å². The predicted molar refractivity (Wildman–Crippen MR) is 109 cm³/mol. The number of benzene rings is 2. The molecule has 0 saturated carbocycles. The van der Waals surface area contributed by atoms with Crippen molar-refractivity contribution in [1.29, 1.82) is 0 Å². The Kier molecular flexibility index (Phi) is 5.54. The number of rotatable bonds is 5. The molecule has 1 aliphatic heterocycles. The molecule has 1 saturated heterocycles. The first kappa shape index (κ1) is 18.8. The van der Waals surface area contributed by atoms with Gasteiger partial charge in [-0.2, -0.15) is 0 Å². The van der Waals surface area contributed by atoms with Gasteiger partial charge in [0.05, 0.1) is 18.3 Å². The zero-order valence-electron chi connectivity index (χ0n) is 15.3. The summed E-state index contributed by atoms with van der Waals surface area (Å²) in [6.45, 7) is 1.78. The van der Waals surface area contributed by atoms with Gasteiger partial charge in [-0.05, 0) is 36.1 Å². The van der Waals surface area contributed by atoms with Crippen molar-refractivity contribution >= 4 is 21.8 Å². The van der Waals surface area contributed by atoms with Gasteiger partial charge >= 0.3 is 0 Å². The van der Waals surface area contributed by atoms with E-state index >= 15 is 0 Å². The van der Waals surface area contributed by atoms with Crippen LogP contribution in [0.2, 0.25) is 0 Å². The molecule has 0 spiro atoms. The highest BCUT2D eigenvalue weighted by molar-refractivity contribution is 9.10. The summed E-state index contributed by atoms with van der Waals surface area (Å²) < 4.78 is 8.20. The summed E-state index contributed by atoms with van der Waals surface area (Å²) in [4.78, 5) is 13.0. The van der Waals surface area contributed by atoms with Gasteiger partial charge in [-0.15, -0.1) is 5.10 Å². The highest BCUT2D eigenvalue weighted by atomic mass is 79.9. The quantitative estimate of drug-likeness (QED) is 0.658. The highest BCUT2D eigenvalue weighted by Crippen LogP contribution is 2.33. The van der Waals surface area contributed by atoms with E-state index in [9.17, 15) is 4.79 Å². The summed E-state index contributed by atoms with van der Waals surface area (Å²) in [5, 5.41) is 11.4. The maximum absolute atomic E-state index is 13.0. The van der Waals surface area contributed by atoms with E-state index in [-0.39, 0.29) is 5.91 Å². The molecule has 1 fully saturated rings. The molecule has 0 radical (unpaired) electrons. The molecule has 2 aromatic carbocycles. The number of halogens is 1. The molecule has 0 unspecified atom stereocenters.